The highest BCUT2D eigenvalue weighted by molar-refractivity contribution is 6.05. The van der Waals surface area contributed by atoms with Gasteiger partial charge in [-0.25, -0.2) is 4.79 Å². The lowest BCUT2D eigenvalue weighted by Gasteiger charge is -2.51. The molecule has 3 amide bonds. The van der Waals surface area contributed by atoms with Crippen LogP contribution in [0.3, 0.4) is 0 Å². The number of carbonyl (C=O) groups is 3. The van der Waals surface area contributed by atoms with Crippen LogP contribution < -0.4 is 9.64 Å². The van der Waals surface area contributed by atoms with Gasteiger partial charge in [0.2, 0.25) is 5.60 Å². The first kappa shape index (κ1) is 34.4. The maximum atomic E-state index is 14.6. The van der Waals surface area contributed by atoms with E-state index < -0.39 is 71.0 Å². The maximum absolute atomic E-state index is 14.6. The second-order valence-corrected chi connectivity index (χ2v) is 12.8. The lowest BCUT2D eigenvalue weighted by atomic mass is 9.76. The molecular formula is C30H44F3N3O7. The second-order valence-electron chi connectivity index (χ2n) is 12.8. The lowest BCUT2D eigenvalue weighted by molar-refractivity contribution is -0.139. The molecule has 2 unspecified atom stereocenters. The molecule has 0 aromatic heterocycles. The summed E-state index contributed by atoms with van der Waals surface area (Å²) in [5.74, 6) is -1.83. The van der Waals surface area contributed by atoms with Gasteiger partial charge in [0, 0.05) is 32.8 Å². The zero-order chi connectivity index (χ0) is 32.5. The molecule has 0 saturated carbocycles. The number of alkyl halides is 3. The van der Waals surface area contributed by atoms with Crippen LogP contribution in [0.1, 0.15) is 83.1 Å². The van der Waals surface area contributed by atoms with Gasteiger partial charge in [-0.3, -0.25) is 9.59 Å². The Bertz CT molecular complexity index is 1200. The number of unbranched alkanes of at least 4 members (excludes halogenated alkanes) is 1. The molecule has 13 heteroatoms. The molecule has 2 heterocycles. The standard InChI is InChI=1S/C30H44F3N3O7/c1-18(2)36(21-11-10-13-35(27(40)41)24(21)28(3,4)5)25(38)19-15-22-23(16-20(19)30(31,32)33)43-29(6,17-37)26(39)34(22)12-8-9-14-42-7/h15-16,18,21,24,37H,8-14,17H2,1-7H3,(H,40,41)/t21-,24?,29?/m1/s1. The molecule has 43 heavy (non-hydrogen) atoms. The topological polar surface area (TPSA) is 120 Å². The SMILES string of the molecule is COCCCCN1C(=O)C(C)(CO)Oc2cc(C(F)(F)F)c(C(=O)N(C(C)C)[C@@H]3CCCN(C(=O)O)C3C(C)(C)C)cc21. The van der Waals surface area contributed by atoms with Crippen molar-refractivity contribution in [2.75, 3.05) is 38.3 Å². The number of likely N-dealkylation sites (tertiary alicyclic amines) is 1. The van der Waals surface area contributed by atoms with Gasteiger partial charge in [-0.05, 0) is 64.0 Å². The summed E-state index contributed by atoms with van der Waals surface area (Å²) in [7, 11) is 1.53. The molecule has 242 valence electrons. The fourth-order valence-electron chi connectivity index (χ4n) is 6.23. The number of anilines is 1. The van der Waals surface area contributed by atoms with E-state index in [-0.39, 0.29) is 24.5 Å². The van der Waals surface area contributed by atoms with Crippen LogP contribution in [0.25, 0.3) is 0 Å². The van der Waals surface area contributed by atoms with Crippen molar-refractivity contribution in [3.05, 3.63) is 23.3 Å². The van der Waals surface area contributed by atoms with E-state index in [4.69, 9.17) is 9.47 Å². The van der Waals surface area contributed by atoms with Crippen molar-refractivity contribution in [1.82, 2.24) is 9.80 Å². The molecular weight excluding hydrogens is 571 g/mol. The smallest absolute Gasteiger partial charge is 0.417 e. The summed E-state index contributed by atoms with van der Waals surface area (Å²) in [6, 6.07) is -0.186. The Morgan fingerprint density at radius 3 is 2.37 bits per heavy atom. The highest BCUT2D eigenvalue weighted by Crippen LogP contribution is 2.45. The largest absolute Gasteiger partial charge is 0.473 e. The molecule has 0 aliphatic carbocycles. The van der Waals surface area contributed by atoms with E-state index in [1.165, 1.54) is 28.7 Å². The third-order valence-electron chi connectivity index (χ3n) is 8.12. The Morgan fingerprint density at radius 2 is 1.86 bits per heavy atom. The molecule has 2 N–H and O–H groups in total. The summed E-state index contributed by atoms with van der Waals surface area (Å²) < 4.78 is 54.5. The fraction of sp³-hybridized carbons (Fsp3) is 0.700. The normalized spacial score (nSPS) is 22.8. The Morgan fingerprint density at radius 1 is 1.21 bits per heavy atom. The molecule has 1 saturated heterocycles. The summed E-state index contributed by atoms with van der Waals surface area (Å²) in [6.45, 7) is 10.2. The third kappa shape index (κ3) is 7.03. The number of hydrogen-bond acceptors (Lipinski definition) is 6. The van der Waals surface area contributed by atoms with Gasteiger partial charge in [-0.15, -0.1) is 0 Å². The second kappa shape index (κ2) is 12.9. The number of hydrogen-bond donors (Lipinski definition) is 2. The Kier molecular flexibility index (Phi) is 10.3. The molecule has 3 rings (SSSR count). The summed E-state index contributed by atoms with van der Waals surface area (Å²) in [5.41, 5.74) is -4.35. The number of fused-ring (bicyclic) bond motifs is 1. The zero-order valence-electron chi connectivity index (χ0n) is 26.0. The van der Waals surface area contributed by atoms with E-state index in [1.807, 2.05) is 20.8 Å². The number of carbonyl (C=O) groups excluding carboxylic acids is 2. The quantitative estimate of drug-likeness (QED) is 0.375. The first-order valence-electron chi connectivity index (χ1n) is 14.6. The van der Waals surface area contributed by atoms with E-state index >= 15 is 0 Å². The predicted molar refractivity (Wildman–Crippen MR) is 153 cm³/mol. The minimum absolute atomic E-state index is 0.00317. The van der Waals surface area contributed by atoms with Crippen molar-refractivity contribution in [3.8, 4) is 5.75 Å². The number of methoxy groups -OCH3 is 1. The summed E-state index contributed by atoms with van der Waals surface area (Å²) in [4.78, 5) is 43.9. The summed E-state index contributed by atoms with van der Waals surface area (Å²) in [5, 5.41) is 19.9. The van der Waals surface area contributed by atoms with E-state index in [0.29, 0.717) is 32.3 Å². The first-order chi connectivity index (χ1) is 19.9. The van der Waals surface area contributed by atoms with Crippen molar-refractivity contribution in [3.63, 3.8) is 0 Å². The number of carboxylic acid groups (broad SMARTS) is 1. The highest BCUT2D eigenvalue weighted by atomic mass is 19.4. The van der Waals surface area contributed by atoms with Gasteiger partial charge in [0.05, 0.1) is 35.5 Å². The number of amides is 3. The van der Waals surface area contributed by atoms with E-state index in [0.717, 1.165) is 12.1 Å². The molecule has 1 fully saturated rings. The number of benzene rings is 1. The number of aliphatic hydroxyl groups is 1. The molecule has 0 spiro atoms. The molecule has 3 atom stereocenters. The molecule has 1 aromatic rings. The van der Waals surface area contributed by atoms with Crippen molar-refractivity contribution in [2.45, 2.75) is 97.1 Å². The van der Waals surface area contributed by atoms with Gasteiger partial charge in [-0.1, -0.05) is 20.8 Å². The van der Waals surface area contributed by atoms with E-state index in [2.05, 4.69) is 0 Å². The molecule has 0 radical (unpaired) electrons. The number of aliphatic hydroxyl groups excluding tert-OH is 1. The van der Waals surface area contributed by atoms with Gasteiger partial charge in [0.15, 0.2) is 0 Å². The lowest BCUT2D eigenvalue weighted by Crippen LogP contribution is -2.63. The van der Waals surface area contributed by atoms with Crippen LogP contribution in [-0.2, 0) is 15.7 Å². The van der Waals surface area contributed by atoms with Crippen LogP contribution in [0, 0.1) is 5.41 Å². The van der Waals surface area contributed by atoms with Gasteiger partial charge in [-0.2, -0.15) is 13.2 Å². The van der Waals surface area contributed by atoms with Crippen LogP contribution in [0.15, 0.2) is 12.1 Å². The van der Waals surface area contributed by atoms with E-state index in [9.17, 15) is 37.8 Å². The Labute approximate surface area is 250 Å². The summed E-state index contributed by atoms with van der Waals surface area (Å²) >= 11 is 0. The van der Waals surface area contributed by atoms with Gasteiger partial charge < -0.3 is 34.4 Å². The molecule has 2 aliphatic heterocycles. The summed E-state index contributed by atoms with van der Waals surface area (Å²) in [6.07, 6.45) is -4.26. The highest BCUT2D eigenvalue weighted by Gasteiger charge is 2.49. The monoisotopic (exact) mass is 615 g/mol. The average molecular weight is 616 g/mol. The van der Waals surface area contributed by atoms with Gasteiger partial charge in [0.1, 0.15) is 5.75 Å². The molecule has 10 nitrogen and oxygen atoms in total. The number of rotatable bonds is 9. The van der Waals surface area contributed by atoms with Gasteiger partial charge in [0.25, 0.3) is 11.8 Å². The number of ether oxygens (including phenoxy) is 2. The number of piperidine rings is 1. The van der Waals surface area contributed by atoms with Crippen LogP contribution in [0.2, 0.25) is 0 Å². The minimum Gasteiger partial charge on any atom is -0.473 e. The Hall–Kier alpha value is -3.06. The van der Waals surface area contributed by atoms with Crippen LogP contribution >= 0.6 is 0 Å². The van der Waals surface area contributed by atoms with Crippen molar-refractivity contribution in [1.29, 1.82) is 0 Å². The molecule has 0 bridgehead atoms. The minimum atomic E-state index is -4.96. The number of halogens is 3. The molecule has 1 aromatic carbocycles. The molecule has 2 aliphatic rings. The van der Waals surface area contributed by atoms with Crippen LogP contribution in [0.4, 0.5) is 23.7 Å². The fourth-order valence-corrected chi connectivity index (χ4v) is 6.23. The van der Waals surface area contributed by atoms with Crippen molar-refractivity contribution >= 4 is 23.6 Å². The van der Waals surface area contributed by atoms with Crippen molar-refractivity contribution in [2.24, 2.45) is 5.41 Å². The zero-order valence-corrected chi connectivity index (χ0v) is 26.0. The third-order valence-corrected chi connectivity index (χ3v) is 8.12. The maximum Gasteiger partial charge on any atom is 0.417 e. The average Bonchev–Trinajstić information content (AvgIpc) is 2.90. The number of nitrogens with zero attached hydrogens (tertiary/aromatic N) is 3. The first-order valence-corrected chi connectivity index (χ1v) is 14.6. The van der Waals surface area contributed by atoms with Gasteiger partial charge >= 0.3 is 12.3 Å². The van der Waals surface area contributed by atoms with E-state index in [1.54, 1.807) is 13.8 Å². The Balaban J connectivity index is 2.21. The van der Waals surface area contributed by atoms with Crippen molar-refractivity contribution < 1.29 is 47.2 Å². The van der Waals surface area contributed by atoms with Crippen LogP contribution in [0.5, 0.6) is 5.75 Å². The predicted octanol–water partition coefficient (Wildman–Crippen LogP) is 5.02. The van der Waals surface area contributed by atoms with Crippen LogP contribution in [-0.4, -0.2) is 95.1 Å².